The molecule has 1 aromatic rings. The normalized spacial score (nSPS) is 28.0. The standard InChI is InChI=1S/C15H18BrN3O2/c16-9-3-6-11-12(7-9)19-15(21)13(11)18-10-4-1-8(2-5-10)14(17)20/h3,6-8,10,13,18H,1-2,4-5H2,(H2,17,20)(H,19,21). The van der Waals surface area contributed by atoms with Gasteiger partial charge in [0.1, 0.15) is 6.04 Å². The van der Waals surface area contributed by atoms with Gasteiger partial charge in [0.2, 0.25) is 11.8 Å². The summed E-state index contributed by atoms with van der Waals surface area (Å²) in [5, 5.41) is 6.32. The van der Waals surface area contributed by atoms with Crippen molar-refractivity contribution in [1.82, 2.24) is 5.32 Å². The number of fused-ring (bicyclic) bond motifs is 1. The average molecular weight is 352 g/mol. The van der Waals surface area contributed by atoms with Crippen molar-refractivity contribution < 1.29 is 9.59 Å². The lowest BCUT2D eigenvalue weighted by molar-refractivity contribution is -0.123. The summed E-state index contributed by atoms with van der Waals surface area (Å²) in [6, 6.07) is 5.77. The van der Waals surface area contributed by atoms with E-state index >= 15 is 0 Å². The Morgan fingerprint density at radius 3 is 2.67 bits per heavy atom. The van der Waals surface area contributed by atoms with Crippen LogP contribution in [0.25, 0.3) is 0 Å². The molecule has 1 fully saturated rings. The van der Waals surface area contributed by atoms with Gasteiger partial charge in [0.25, 0.3) is 0 Å². The van der Waals surface area contributed by atoms with Gasteiger partial charge >= 0.3 is 0 Å². The molecule has 0 spiro atoms. The third-order valence-electron chi connectivity index (χ3n) is 4.38. The van der Waals surface area contributed by atoms with Crippen molar-refractivity contribution in [3.63, 3.8) is 0 Å². The minimum atomic E-state index is -0.303. The van der Waals surface area contributed by atoms with Crippen molar-refractivity contribution in [1.29, 1.82) is 0 Å². The number of benzene rings is 1. The number of anilines is 1. The van der Waals surface area contributed by atoms with Gasteiger partial charge in [0.15, 0.2) is 0 Å². The average Bonchev–Trinajstić information content (AvgIpc) is 2.75. The Balaban J connectivity index is 1.67. The Morgan fingerprint density at radius 1 is 1.29 bits per heavy atom. The van der Waals surface area contributed by atoms with Crippen LogP contribution >= 0.6 is 15.9 Å². The number of rotatable bonds is 3. The van der Waals surface area contributed by atoms with Crippen molar-refractivity contribution in [3.8, 4) is 0 Å². The summed E-state index contributed by atoms with van der Waals surface area (Å²) in [7, 11) is 0. The molecule has 1 heterocycles. The summed E-state index contributed by atoms with van der Waals surface area (Å²) in [6.45, 7) is 0. The molecule has 1 aromatic carbocycles. The first-order chi connectivity index (χ1) is 10.0. The Bertz CT molecular complexity index is 582. The zero-order valence-corrected chi connectivity index (χ0v) is 13.2. The van der Waals surface area contributed by atoms with Crippen LogP contribution in [0, 0.1) is 5.92 Å². The maximum absolute atomic E-state index is 12.1. The summed E-state index contributed by atoms with van der Waals surface area (Å²) >= 11 is 3.41. The Morgan fingerprint density at radius 2 is 2.00 bits per heavy atom. The maximum Gasteiger partial charge on any atom is 0.246 e. The number of primary amides is 1. The smallest absolute Gasteiger partial charge is 0.246 e. The second-order valence-electron chi connectivity index (χ2n) is 5.77. The highest BCUT2D eigenvalue weighted by Gasteiger charge is 2.34. The molecule has 112 valence electrons. The van der Waals surface area contributed by atoms with Crippen molar-refractivity contribution in [2.45, 2.75) is 37.8 Å². The molecule has 1 aliphatic carbocycles. The van der Waals surface area contributed by atoms with E-state index in [2.05, 4.69) is 26.6 Å². The van der Waals surface area contributed by atoms with Crippen LogP contribution in [0.2, 0.25) is 0 Å². The predicted molar refractivity (Wildman–Crippen MR) is 83.6 cm³/mol. The SMILES string of the molecule is NC(=O)C1CCC(NC2C(=O)Nc3cc(Br)ccc32)CC1. The van der Waals surface area contributed by atoms with Crippen LogP contribution in [0.4, 0.5) is 5.69 Å². The molecule has 2 amide bonds. The molecule has 2 aliphatic rings. The Kier molecular flexibility index (Phi) is 3.99. The molecular formula is C15H18BrN3O2. The highest BCUT2D eigenvalue weighted by molar-refractivity contribution is 9.10. The number of halogens is 1. The van der Waals surface area contributed by atoms with Crippen LogP contribution < -0.4 is 16.4 Å². The number of hydrogen-bond donors (Lipinski definition) is 3. The van der Waals surface area contributed by atoms with E-state index in [0.717, 1.165) is 41.4 Å². The number of hydrogen-bond acceptors (Lipinski definition) is 3. The minimum Gasteiger partial charge on any atom is -0.369 e. The first kappa shape index (κ1) is 14.5. The molecule has 0 radical (unpaired) electrons. The zero-order chi connectivity index (χ0) is 15.0. The minimum absolute atomic E-state index is 0.0105. The van der Waals surface area contributed by atoms with E-state index in [1.54, 1.807) is 0 Å². The number of amides is 2. The zero-order valence-electron chi connectivity index (χ0n) is 11.6. The first-order valence-corrected chi connectivity index (χ1v) is 7.99. The lowest BCUT2D eigenvalue weighted by Crippen LogP contribution is -2.40. The van der Waals surface area contributed by atoms with Gasteiger partial charge < -0.3 is 11.1 Å². The molecule has 0 aromatic heterocycles. The maximum atomic E-state index is 12.1. The van der Waals surface area contributed by atoms with Crippen LogP contribution in [0.5, 0.6) is 0 Å². The second kappa shape index (κ2) is 5.77. The van der Waals surface area contributed by atoms with Gasteiger partial charge in [0, 0.05) is 27.7 Å². The molecule has 0 bridgehead atoms. The topological polar surface area (TPSA) is 84.2 Å². The molecule has 1 aliphatic heterocycles. The molecule has 1 saturated carbocycles. The predicted octanol–water partition coefficient (Wildman–Crippen LogP) is 2.08. The molecule has 1 atom stereocenters. The third-order valence-corrected chi connectivity index (χ3v) is 4.87. The van der Waals surface area contributed by atoms with Crippen molar-refractivity contribution >= 4 is 33.4 Å². The van der Waals surface area contributed by atoms with Gasteiger partial charge in [-0.05, 0) is 37.8 Å². The molecule has 6 heteroatoms. The van der Waals surface area contributed by atoms with Gasteiger partial charge in [-0.2, -0.15) is 0 Å². The number of carbonyl (C=O) groups is 2. The van der Waals surface area contributed by atoms with Crippen LogP contribution in [-0.2, 0) is 9.59 Å². The van der Waals surface area contributed by atoms with Gasteiger partial charge in [-0.25, -0.2) is 0 Å². The second-order valence-corrected chi connectivity index (χ2v) is 6.69. The van der Waals surface area contributed by atoms with Crippen LogP contribution in [0.3, 0.4) is 0 Å². The first-order valence-electron chi connectivity index (χ1n) is 7.20. The fourth-order valence-corrected chi connectivity index (χ4v) is 3.54. The van der Waals surface area contributed by atoms with E-state index in [4.69, 9.17) is 5.73 Å². The lowest BCUT2D eigenvalue weighted by atomic mass is 9.85. The fraction of sp³-hybridized carbons (Fsp3) is 0.467. The summed E-state index contributed by atoms with van der Waals surface area (Å²) < 4.78 is 0.948. The largest absolute Gasteiger partial charge is 0.369 e. The summed E-state index contributed by atoms with van der Waals surface area (Å²) in [5.41, 5.74) is 7.19. The van der Waals surface area contributed by atoms with E-state index in [0.29, 0.717) is 0 Å². The molecule has 1 unspecified atom stereocenters. The van der Waals surface area contributed by atoms with Crippen LogP contribution in [0.15, 0.2) is 22.7 Å². The molecule has 5 nitrogen and oxygen atoms in total. The van der Waals surface area contributed by atoms with Crippen LogP contribution in [0.1, 0.15) is 37.3 Å². The lowest BCUT2D eigenvalue weighted by Gasteiger charge is -2.29. The van der Waals surface area contributed by atoms with E-state index in [1.165, 1.54) is 0 Å². The van der Waals surface area contributed by atoms with Crippen molar-refractivity contribution in [2.24, 2.45) is 11.7 Å². The van der Waals surface area contributed by atoms with E-state index in [9.17, 15) is 9.59 Å². The summed E-state index contributed by atoms with van der Waals surface area (Å²) in [4.78, 5) is 23.3. The van der Waals surface area contributed by atoms with E-state index < -0.39 is 0 Å². The Hall–Kier alpha value is -1.40. The summed E-state index contributed by atoms with van der Waals surface area (Å²) in [5.74, 6) is -0.230. The van der Waals surface area contributed by atoms with Gasteiger partial charge in [-0.15, -0.1) is 0 Å². The molecule has 0 saturated heterocycles. The number of carbonyl (C=O) groups excluding carboxylic acids is 2. The number of nitrogens with two attached hydrogens (primary N) is 1. The van der Waals surface area contributed by atoms with Gasteiger partial charge in [-0.3, -0.25) is 14.9 Å². The highest BCUT2D eigenvalue weighted by Crippen LogP contribution is 2.34. The van der Waals surface area contributed by atoms with E-state index in [1.807, 2.05) is 18.2 Å². The third kappa shape index (κ3) is 2.96. The fourth-order valence-electron chi connectivity index (χ4n) is 3.18. The van der Waals surface area contributed by atoms with Gasteiger partial charge in [-0.1, -0.05) is 22.0 Å². The number of nitrogens with one attached hydrogen (secondary N) is 2. The van der Waals surface area contributed by atoms with Gasteiger partial charge in [0.05, 0.1) is 0 Å². The molecule has 4 N–H and O–H groups in total. The highest BCUT2D eigenvalue weighted by atomic mass is 79.9. The molecular weight excluding hydrogens is 334 g/mol. The van der Waals surface area contributed by atoms with Crippen molar-refractivity contribution in [3.05, 3.63) is 28.2 Å². The summed E-state index contributed by atoms with van der Waals surface area (Å²) in [6.07, 6.45) is 3.36. The molecule has 3 rings (SSSR count). The Labute approximate surface area is 131 Å². The quantitative estimate of drug-likeness (QED) is 0.779. The van der Waals surface area contributed by atoms with E-state index in [-0.39, 0.29) is 29.8 Å². The van der Waals surface area contributed by atoms with Crippen LogP contribution in [-0.4, -0.2) is 17.9 Å². The monoisotopic (exact) mass is 351 g/mol. The van der Waals surface area contributed by atoms with Crippen molar-refractivity contribution in [2.75, 3.05) is 5.32 Å². The molecule has 21 heavy (non-hydrogen) atoms.